The van der Waals surface area contributed by atoms with Crippen LogP contribution in [0.25, 0.3) is 0 Å². The zero-order valence-electron chi connectivity index (χ0n) is 10.1. The number of nitrogens with two attached hydrogens (primary N) is 1. The molecular weight excluding hydrogens is 200 g/mol. The summed E-state index contributed by atoms with van der Waals surface area (Å²) in [6, 6.07) is 2.41. The Balaban J connectivity index is 1.78. The molecule has 3 nitrogen and oxygen atoms in total. The molecule has 0 spiro atoms. The zero-order valence-corrected chi connectivity index (χ0v) is 10.1. The molecule has 0 radical (unpaired) electrons. The fourth-order valence-electron chi connectivity index (χ4n) is 2.29. The standard InChI is InChI=1S/C13H22N2O/c1-11(14)9-12-4-6-15(10-12)7-5-13-3-2-8-16-13/h4,6,10-11,13H,2-3,5,7-9,14H2,1H3. The third kappa shape index (κ3) is 3.35. The van der Waals surface area contributed by atoms with Gasteiger partial charge < -0.3 is 15.0 Å². The van der Waals surface area contributed by atoms with E-state index in [1.807, 2.05) is 6.92 Å². The summed E-state index contributed by atoms with van der Waals surface area (Å²) in [7, 11) is 0. The van der Waals surface area contributed by atoms with Crippen molar-refractivity contribution < 1.29 is 4.74 Å². The number of nitrogens with zero attached hydrogens (tertiary/aromatic N) is 1. The van der Waals surface area contributed by atoms with Crippen LogP contribution in [-0.4, -0.2) is 23.3 Å². The monoisotopic (exact) mass is 222 g/mol. The zero-order chi connectivity index (χ0) is 11.4. The highest BCUT2D eigenvalue weighted by atomic mass is 16.5. The predicted octanol–water partition coefficient (Wildman–Crippen LogP) is 1.95. The maximum absolute atomic E-state index is 5.78. The Morgan fingerprint density at radius 1 is 1.62 bits per heavy atom. The SMILES string of the molecule is CC(N)Cc1ccn(CCC2CCCO2)c1. The van der Waals surface area contributed by atoms with Crippen molar-refractivity contribution in [3.8, 4) is 0 Å². The van der Waals surface area contributed by atoms with Crippen LogP contribution in [0.5, 0.6) is 0 Å². The van der Waals surface area contributed by atoms with E-state index in [2.05, 4.69) is 23.0 Å². The van der Waals surface area contributed by atoms with Crippen molar-refractivity contribution in [3.05, 3.63) is 24.0 Å². The summed E-state index contributed by atoms with van der Waals surface area (Å²) in [5, 5.41) is 0. The first-order valence-corrected chi connectivity index (χ1v) is 6.26. The Morgan fingerprint density at radius 3 is 3.19 bits per heavy atom. The molecule has 1 aliphatic rings. The Morgan fingerprint density at radius 2 is 2.50 bits per heavy atom. The predicted molar refractivity (Wildman–Crippen MR) is 65.4 cm³/mol. The topological polar surface area (TPSA) is 40.2 Å². The van der Waals surface area contributed by atoms with Crippen molar-refractivity contribution in [2.45, 2.75) is 51.3 Å². The summed E-state index contributed by atoms with van der Waals surface area (Å²) in [6.45, 7) is 4.06. The van der Waals surface area contributed by atoms with E-state index in [0.717, 1.165) is 26.0 Å². The Hall–Kier alpha value is -0.800. The lowest BCUT2D eigenvalue weighted by molar-refractivity contribution is 0.100. The summed E-state index contributed by atoms with van der Waals surface area (Å²) in [6.07, 6.45) is 9.39. The average molecular weight is 222 g/mol. The summed E-state index contributed by atoms with van der Waals surface area (Å²) in [4.78, 5) is 0. The van der Waals surface area contributed by atoms with Gasteiger partial charge in [-0.3, -0.25) is 0 Å². The number of aromatic nitrogens is 1. The smallest absolute Gasteiger partial charge is 0.0593 e. The van der Waals surface area contributed by atoms with E-state index in [4.69, 9.17) is 10.5 Å². The quantitative estimate of drug-likeness (QED) is 0.827. The molecule has 3 heteroatoms. The summed E-state index contributed by atoms with van der Waals surface area (Å²) >= 11 is 0. The minimum Gasteiger partial charge on any atom is -0.378 e. The summed E-state index contributed by atoms with van der Waals surface area (Å²) < 4.78 is 7.86. The molecule has 1 aromatic rings. The van der Waals surface area contributed by atoms with Crippen molar-refractivity contribution in [2.75, 3.05) is 6.61 Å². The van der Waals surface area contributed by atoms with Crippen LogP contribution >= 0.6 is 0 Å². The molecule has 2 unspecified atom stereocenters. The van der Waals surface area contributed by atoms with E-state index < -0.39 is 0 Å². The Labute approximate surface area is 97.6 Å². The second-order valence-electron chi connectivity index (χ2n) is 4.86. The van der Waals surface area contributed by atoms with Gasteiger partial charge in [0, 0.05) is 31.6 Å². The van der Waals surface area contributed by atoms with Crippen molar-refractivity contribution >= 4 is 0 Å². The minimum atomic E-state index is 0.244. The molecule has 1 aromatic heterocycles. The summed E-state index contributed by atoms with van der Waals surface area (Å²) in [5.41, 5.74) is 7.11. The van der Waals surface area contributed by atoms with Gasteiger partial charge in [-0.2, -0.15) is 0 Å². The van der Waals surface area contributed by atoms with Gasteiger partial charge in [-0.1, -0.05) is 0 Å². The van der Waals surface area contributed by atoms with Crippen LogP contribution in [0.4, 0.5) is 0 Å². The number of ether oxygens (including phenoxy) is 1. The molecule has 2 rings (SSSR count). The molecule has 2 N–H and O–H groups in total. The van der Waals surface area contributed by atoms with Crippen LogP contribution in [0.2, 0.25) is 0 Å². The Kier molecular flexibility index (Phi) is 4.02. The first-order chi connectivity index (χ1) is 7.74. The molecule has 2 atom stereocenters. The maximum atomic E-state index is 5.78. The molecule has 2 heterocycles. The largest absolute Gasteiger partial charge is 0.378 e. The molecule has 1 fully saturated rings. The second kappa shape index (κ2) is 5.51. The third-order valence-electron chi connectivity index (χ3n) is 3.10. The highest BCUT2D eigenvalue weighted by Gasteiger charge is 2.14. The molecule has 90 valence electrons. The molecule has 0 saturated carbocycles. The Bertz CT molecular complexity index is 313. The van der Waals surface area contributed by atoms with Crippen molar-refractivity contribution in [1.29, 1.82) is 0 Å². The van der Waals surface area contributed by atoms with Gasteiger partial charge >= 0.3 is 0 Å². The molecular formula is C13H22N2O. The lowest BCUT2D eigenvalue weighted by atomic mass is 10.1. The number of rotatable bonds is 5. The number of aryl methyl sites for hydroxylation is 1. The molecule has 16 heavy (non-hydrogen) atoms. The van der Waals surface area contributed by atoms with Gasteiger partial charge in [0.05, 0.1) is 6.10 Å². The van der Waals surface area contributed by atoms with E-state index >= 15 is 0 Å². The fraction of sp³-hybridized carbons (Fsp3) is 0.692. The summed E-state index contributed by atoms with van der Waals surface area (Å²) in [5.74, 6) is 0. The van der Waals surface area contributed by atoms with Crippen LogP contribution < -0.4 is 5.73 Å². The van der Waals surface area contributed by atoms with E-state index in [1.54, 1.807) is 0 Å². The lowest BCUT2D eigenvalue weighted by Crippen LogP contribution is -2.17. The third-order valence-corrected chi connectivity index (χ3v) is 3.10. The average Bonchev–Trinajstić information content (AvgIpc) is 2.84. The maximum Gasteiger partial charge on any atom is 0.0593 e. The minimum absolute atomic E-state index is 0.244. The van der Waals surface area contributed by atoms with Crippen molar-refractivity contribution in [2.24, 2.45) is 5.73 Å². The highest BCUT2D eigenvalue weighted by molar-refractivity contribution is 5.11. The molecule has 0 aliphatic carbocycles. The van der Waals surface area contributed by atoms with Gasteiger partial charge in [-0.15, -0.1) is 0 Å². The molecule has 0 amide bonds. The van der Waals surface area contributed by atoms with Gasteiger partial charge in [0.25, 0.3) is 0 Å². The van der Waals surface area contributed by atoms with Crippen LogP contribution in [-0.2, 0) is 17.7 Å². The van der Waals surface area contributed by atoms with E-state index in [-0.39, 0.29) is 6.04 Å². The second-order valence-corrected chi connectivity index (χ2v) is 4.86. The van der Waals surface area contributed by atoms with Gasteiger partial charge in [0.15, 0.2) is 0 Å². The van der Waals surface area contributed by atoms with Crippen molar-refractivity contribution in [1.82, 2.24) is 4.57 Å². The molecule has 1 saturated heterocycles. The number of hydrogen-bond donors (Lipinski definition) is 1. The first-order valence-electron chi connectivity index (χ1n) is 6.26. The van der Waals surface area contributed by atoms with Crippen molar-refractivity contribution in [3.63, 3.8) is 0 Å². The molecule has 0 bridgehead atoms. The molecule has 0 aromatic carbocycles. The van der Waals surface area contributed by atoms with Crippen LogP contribution in [0, 0.1) is 0 Å². The van der Waals surface area contributed by atoms with Crippen LogP contribution in [0.3, 0.4) is 0 Å². The van der Waals surface area contributed by atoms with Gasteiger partial charge in [0.1, 0.15) is 0 Å². The van der Waals surface area contributed by atoms with E-state index in [1.165, 1.54) is 18.4 Å². The molecule has 1 aliphatic heterocycles. The first kappa shape index (κ1) is 11.7. The van der Waals surface area contributed by atoms with Crippen LogP contribution in [0.1, 0.15) is 31.7 Å². The van der Waals surface area contributed by atoms with Gasteiger partial charge in [0.2, 0.25) is 0 Å². The number of hydrogen-bond acceptors (Lipinski definition) is 2. The van der Waals surface area contributed by atoms with Gasteiger partial charge in [-0.05, 0) is 44.2 Å². The van der Waals surface area contributed by atoms with Crippen LogP contribution in [0.15, 0.2) is 18.5 Å². The van der Waals surface area contributed by atoms with E-state index in [9.17, 15) is 0 Å². The highest BCUT2D eigenvalue weighted by Crippen LogP contribution is 2.16. The van der Waals surface area contributed by atoms with E-state index in [0.29, 0.717) is 6.10 Å². The normalized spacial score (nSPS) is 22.5. The fourth-order valence-corrected chi connectivity index (χ4v) is 2.29. The van der Waals surface area contributed by atoms with Gasteiger partial charge in [-0.25, -0.2) is 0 Å². The lowest BCUT2D eigenvalue weighted by Gasteiger charge is -2.09.